The summed E-state index contributed by atoms with van der Waals surface area (Å²) in [4.78, 5) is 17.5. The van der Waals surface area contributed by atoms with E-state index in [2.05, 4.69) is 11.8 Å². The summed E-state index contributed by atoms with van der Waals surface area (Å²) in [6, 6.07) is 5.63. The van der Waals surface area contributed by atoms with Crippen molar-refractivity contribution in [2.75, 3.05) is 62.5 Å². The topological polar surface area (TPSA) is 84.3 Å². The van der Waals surface area contributed by atoms with E-state index in [0.29, 0.717) is 36.7 Å². The Morgan fingerprint density at radius 2 is 1.85 bits per heavy atom. The minimum atomic E-state index is -0.611. The third-order valence-electron chi connectivity index (χ3n) is 6.77. The summed E-state index contributed by atoms with van der Waals surface area (Å²) in [5.74, 6) is 0.469. The SMILES string of the molecule is CCCC[IH]c1cc(C(=O)CN2Cc3cc(OCC)c(OCC)c(F)c3C2=N)cc(N2CCOCC2)c1OC. The zero-order valence-corrected chi connectivity index (χ0v) is 25.6. The Labute approximate surface area is 240 Å². The molecule has 4 rings (SSSR count). The van der Waals surface area contributed by atoms with Crippen molar-refractivity contribution in [3.05, 3.63) is 44.3 Å². The number of benzene rings is 2. The van der Waals surface area contributed by atoms with Crippen molar-refractivity contribution in [2.45, 2.75) is 40.2 Å². The van der Waals surface area contributed by atoms with E-state index in [9.17, 15) is 4.79 Å². The maximum atomic E-state index is 15.5. The number of hydrogen-bond acceptors (Lipinski definition) is 7. The van der Waals surface area contributed by atoms with E-state index < -0.39 is 27.0 Å². The van der Waals surface area contributed by atoms with E-state index in [1.165, 1.54) is 0 Å². The number of rotatable bonds is 13. The maximum absolute atomic E-state index is 15.5. The molecule has 2 aliphatic heterocycles. The van der Waals surface area contributed by atoms with Gasteiger partial charge in [-0.25, -0.2) is 0 Å². The van der Waals surface area contributed by atoms with Crippen molar-refractivity contribution >= 4 is 38.5 Å². The molecule has 0 aliphatic carbocycles. The summed E-state index contributed by atoms with van der Waals surface area (Å²) < 4.78 is 40.3. The molecular formula is C29H39FIN3O5. The van der Waals surface area contributed by atoms with Crippen molar-refractivity contribution in [3.8, 4) is 17.2 Å². The van der Waals surface area contributed by atoms with Crippen LogP contribution in [-0.4, -0.2) is 74.1 Å². The monoisotopic (exact) mass is 655 g/mol. The number of ketones is 1. The molecule has 1 saturated heterocycles. The average Bonchev–Trinajstić information content (AvgIpc) is 3.25. The van der Waals surface area contributed by atoms with Crippen molar-refractivity contribution in [3.63, 3.8) is 0 Å². The van der Waals surface area contributed by atoms with Gasteiger partial charge in [-0.15, -0.1) is 0 Å². The average molecular weight is 656 g/mol. The predicted molar refractivity (Wildman–Crippen MR) is 160 cm³/mol. The van der Waals surface area contributed by atoms with E-state index >= 15 is 4.39 Å². The van der Waals surface area contributed by atoms with E-state index in [0.717, 1.165) is 45.4 Å². The van der Waals surface area contributed by atoms with Crippen LogP contribution in [0.1, 0.15) is 55.1 Å². The number of carbonyl (C=O) groups is 1. The fraction of sp³-hybridized carbons (Fsp3) is 0.517. The minimum absolute atomic E-state index is 0.0151. The van der Waals surface area contributed by atoms with Crippen molar-refractivity contribution in [1.82, 2.24) is 4.90 Å². The van der Waals surface area contributed by atoms with Crippen LogP contribution in [0.5, 0.6) is 17.2 Å². The summed E-state index contributed by atoms with van der Waals surface area (Å²) in [7, 11) is 1.70. The number of methoxy groups -OCH3 is 1. The molecule has 0 unspecified atom stereocenters. The summed E-state index contributed by atoms with van der Waals surface area (Å²) in [6.45, 7) is 9.39. The number of hydrogen-bond donors (Lipinski definition) is 1. The number of amidine groups is 1. The Balaban J connectivity index is 1.62. The molecule has 1 fully saturated rings. The fourth-order valence-corrected chi connectivity index (χ4v) is 8.22. The van der Waals surface area contributed by atoms with Crippen LogP contribution in [0.25, 0.3) is 0 Å². The third-order valence-corrected chi connectivity index (χ3v) is 9.93. The van der Waals surface area contributed by atoms with Gasteiger partial charge in [0.2, 0.25) is 0 Å². The molecule has 2 aliphatic rings. The first-order valence-corrected chi connectivity index (χ1v) is 16.4. The Morgan fingerprint density at radius 3 is 2.51 bits per heavy atom. The normalized spacial score (nSPS) is 15.1. The van der Waals surface area contributed by atoms with E-state index in [4.69, 9.17) is 24.4 Å². The van der Waals surface area contributed by atoms with Crippen LogP contribution in [0, 0.1) is 14.8 Å². The van der Waals surface area contributed by atoms with Crippen LogP contribution >= 0.6 is 21.2 Å². The standard InChI is InChI=1S/C29H39FIN3O5/c1-5-8-9-31-21-14-19(15-22(27(21)36-4)33-10-12-37-13-11-33)23(35)18-34-17-20-16-24(38-6-2)28(39-7-3)26(30)25(20)29(34)32/h14-16,31-32H,5-13,17-18H2,1-4H3. The molecule has 2 aromatic rings. The van der Waals surface area contributed by atoms with E-state index in [1.54, 1.807) is 25.0 Å². The summed E-state index contributed by atoms with van der Waals surface area (Å²) in [6.07, 6.45) is 2.28. The number of halogens is 2. The number of nitrogens with zero attached hydrogens (tertiary/aromatic N) is 2. The molecule has 0 radical (unpaired) electrons. The Hall–Kier alpha value is -2.60. The third kappa shape index (κ3) is 6.42. The zero-order chi connectivity index (χ0) is 27.9. The van der Waals surface area contributed by atoms with Crippen LogP contribution in [0.15, 0.2) is 18.2 Å². The Kier molecular flexibility index (Phi) is 10.3. The molecule has 8 nitrogen and oxygen atoms in total. The first-order chi connectivity index (χ1) is 18.9. The molecule has 2 aromatic carbocycles. The first-order valence-electron chi connectivity index (χ1n) is 13.6. The van der Waals surface area contributed by atoms with E-state index in [1.807, 2.05) is 19.1 Å². The van der Waals surface area contributed by atoms with Gasteiger partial charge in [-0.3, -0.25) is 0 Å². The molecule has 0 saturated carbocycles. The molecule has 0 atom stereocenters. The molecule has 0 aromatic heterocycles. The van der Waals surface area contributed by atoms with Crippen molar-refractivity contribution < 1.29 is 28.1 Å². The number of anilines is 1. The second-order valence-electron chi connectivity index (χ2n) is 9.37. The molecule has 0 bridgehead atoms. The van der Waals surface area contributed by atoms with Crippen LogP contribution in [0.2, 0.25) is 0 Å². The van der Waals surface area contributed by atoms with Crippen LogP contribution in [0.3, 0.4) is 0 Å². The van der Waals surface area contributed by atoms with Gasteiger partial charge in [-0.2, -0.15) is 0 Å². The number of nitrogens with one attached hydrogen (secondary N) is 1. The first kappa shape index (κ1) is 29.4. The van der Waals surface area contributed by atoms with E-state index in [-0.39, 0.29) is 42.6 Å². The van der Waals surface area contributed by atoms with Crippen molar-refractivity contribution in [2.24, 2.45) is 0 Å². The fourth-order valence-electron chi connectivity index (χ4n) is 4.85. The van der Waals surface area contributed by atoms with Gasteiger partial charge in [0.15, 0.2) is 0 Å². The summed E-state index contributed by atoms with van der Waals surface area (Å²) in [5, 5.41) is 8.71. The van der Waals surface area contributed by atoms with Gasteiger partial charge in [0.25, 0.3) is 0 Å². The van der Waals surface area contributed by atoms with Gasteiger partial charge in [0.05, 0.1) is 0 Å². The summed E-state index contributed by atoms with van der Waals surface area (Å²) in [5.41, 5.74) is 2.32. The molecule has 0 amide bonds. The molecule has 2 heterocycles. The van der Waals surface area contributed by atoms with Gasteiger partial charge in [-0.05, 0) is 13.8 Å². The van der Waals surface area contributed by atoms with Crippen LogP contribution in [-0.2, 0) is 11.3 Å². The van der Waals surface area contributed by atoms with Gasteiger partial charge < -0.3 is 0 Å². The molecular weight excluding hydrogens is 616 g/mol. The van der Waals surface area contributed by atoms with Gasteiger partial charge in [-0.1, -0.05) is 0 Å². The number of carbonyl (C=O) groups excluding carboxylic acids is 1. The van der Waals surface area contributed by atoms with Crippen LogP contribution in [0.4, 0.5) is 10.1 Å². The Morgan fingerprint density at radius 1 is 1.10 bits per heavy atom. The number of morpholine rings is 1. The molecule has 10 heteroatoms. The second-order valence-corrected chi connectivity index (χ2v) is 12.6. The number of fused-ring (bicyclic) bond motifs is 1. The Bertz CT molecular complexity index is 1200. The van der Waals surface area contributed by atoms with Crippen molar-refractivity contribution in [1.29, 1.82) is 5.41 Å². The quantitative estimate of drug-likeness (QED) is 0.138. The molecule has 39 heavy (non-hydrogen) atoms. The predicted octanol–water partition coefficient (Wildman–Crippen LogP) is 5.16. The van der Waals surface area contributed by atoms with Crippen LogP contribution < -0.4 is 19.1 Å². The number of unbranched alkanes of at least 4 members (excludes halogenated alkanes) is 1. The number of alkyl halides is 1. The number of Topliss-reactive ketones (excluding diaryl/α,β-unsaturated/α-hetero) is 1. The van der Waals surface area contributed by atoms with Gasteiger partial charge in [0.1, 0.15) is 0 Å². The summed E-state index contributed by atoms with van der Waals surface area (Å²) >= 11 is -0.551. The molecule has 214 valence electrons. The second kappa shape index (κ2) is 13.6. The van der Waals surface area contributed by atoms with Gasteiger partial charge >= 0.3 is 227 Å². The zero-order valence-electron chi connectivity index (χ0n) is 23.2. The number of ether oxygens (including phenoxy) is 4. The van der Waals surface area contributed by atoms with Gasteiger partial charge in [0, 0.05) is 0 Å². The molecule has 0 spiro atoms. The molecule has 1 N–H and O–H groups in total.